The third kappa shape index (κ3) is 6.79. The summed E-state index contributed by atoms with van der Waals surface area (Å²) in [6, 6.07) is 14.8. The maximum atomic E-state index is 13.0. The number of nitrogens with zero attached hydrogens (tertiary/aromatic N) is 3. The van der Waals surface area contributed by atoms with Crippen LogP contribution in [-0.2, 0) is 17.9 Å². The number of anilines is 2. The van der Waals surface area contributed by atoms with Crippen molar-refractivity contribution < 1.29 is 9.59 Å². The lowest BCUT2D eigenvalue weighted by molar-refractivity contribution is -0.114. The van der Waals surface area contributed by atoms with Crippen LogP contribution in [0.2, 0.25) is 0 Å². The minimum Gasteiger partial charge on any atom is -0.326 e. The van der Waals surface area contributed by atoms with Crippen LogP contribution in [0.1, 0.15) is 66.5 Å². The number of aromatic nitrogens is 2. The van der Waals surface area contributed by atoms with E-state index in [1.54, 1.807) is 24.3 Å². The van der Waals surface area contributed by atoms with Gasteiger partial charge in [-0.25, -0.2) is 4.99 Å². The fourth-order valence-electron chi connectivity index (χ4n) is 3.72. The minimum atomic E-state index is -0.304. The van der Waals surface area contributed by atoms with Gasteiger partial charge in [0.05, 0.1) is 12.2 Å². The third-order valence-electron chi connectivity index (χ3n) is 5.77. The molecule has 184 valence electrons. The van der Waals surface area contributed by atoms with Crippen LogP contribution in [-0.4, -0.2) is 27.6 Å². The van der Waals surface area contributed by atoms with Crippen LogP contribution < -0.4 is 16.0 Å². The Balaban J connectivity index is 1.84. The Bertz CT molecular complexity index is 1210. The summed E-state index contributed by atoms with van der Waals surface area (Å²) < 4.78 is 1.95. The molecule has 8 heteroatoms. The van der Waals surface area contributed by atoms with Gasteiger partial charge < -0.3 is 10.6 Å². The average Bonchev–Trinajstić information content (AvgIpc) is 3.10. The molecule has 3 rings (SSSR count). The quantitative estimate of drug-likeness (QED) is 0.331. The highest BCUT2D eigenvalue weighted by Gasteiger charge is 2.13. The fraction of sp³-hybridized carbons (Fsp3) is 0.333. The highest BCUT2D eigenvalue weighted by atomic mass is 16.2. The van der Waals surface area contributed by atoms with Crippen molar-refractivity contribution in [3.63, 3.8) is 0 Å². The maximum Gasteiger partial charge on any atom is 0.257 e. The number of amides is 2. The number of hydrogen-bond acceptors (Lipinski definition) is 4. The second-order valence-electron chi connectivity index (χ2n) is 8.74. The molecule has 0 aliphatic rings. The van der Waals surface area contributed by atoms with Crippen LogP contribution in [0.5, 0.6) is 0 Å². The summed E-state index contributed by atoms with van der Waals surface area (Å²) in [5.41, 5.74) is 6.17. The van der Waals surface area contributed by atoms with Crippen molar-refractivity contribution in [1.29, 1.82) is 0 Å². The van der Waals surface area contributed by atoms with E-state index in [1.807, 2.05) is 30.7 Å². The molecule has 0 radical (unpaired) electrons. The molecule has 35 heavy (non-hydrogen) atoms. The van der Waals surface area contributed by atoms with Gasteiger partial charge in [0.1, 0.15) is 0 Å². The molecule has 3 aromatic rings. The van der Waals surface area contributed by atoms with E-state index in [9.17, 15) is 9.59 Å². The molecule has 2 aromatic carbocycles. The first-order valence-corrected chi connectivity index (χ1v) is 11.8. The van der Waals surface area contributed by atoms with Crippen LogP contribution in [0.4, 0.5) is 11.4 Å². The van der Waals surface area contributed by atoms with E-state index >= 15 is 0 Å². The number of aryl methyl sites for hydroxylation is 2. The van der Waals surface area contributed by atoms with Crippen molar-refractivity contribution in [2.24, 2.45) is 4.99 Å². The van der Waals surface area contributed by atoms with E-state index < -0.39 is 0 Å². The number of nitrogens with one attached hydrogen (secondary N) is 3. The summed E-state index contributed by atoms with van der Waals surface area (Å²) in [6.45, 7) is 13.0. The molecule has 3 N–H and O–H groups in total. The summed E-state index contributed by atoms with van der Waals surface area (Å²) in [5.74, 6) is 0.308. The molecular formula is C27H34N6O2. The minimum absolute atomic E-state index is 0.165. The molecule has 1 aromatic heterocycles. The van der Waals surface area contributed by atoms with Crippen molar-refractivity contribution >= 4 is 29.1 Å². The molecule has 8 nitrogen and oxygen atoms in total. The second-order valence-corrected chi connectivity index (χ2v) is 8.74. The molecule has 0 saturated carbocycles. The molecule has 0 spiro atoms. The van der Waals surface area contributed by atoms with Crippen LogP contribution >= 0.6 is 0 Å². The first kappa shape index (κ1) is 25.7. The molecule has 2 amide bonds. The number of hydrogen-bond donors (Lipinski definition) is 3. The Hall–Kier alpha value is -3.94. The summed E-state index contributed by atoms with van der Waals surface area (Å²) >= 11 is 0. The van der Waals surface area contributed by atoms with E-state index in [-0.39, 0.29) is 11.8 Å². The number of aliphatic imine (C=N–C) groups is 1. The van der Waals surface area contributed by atoms with Crippen LogP contribution in [0.3, 0.4) is 0 Å². The molecule has 0 bridgehead atoms. The zero-order chi connectivity index (χ0) is 25.5. The van der Waals surface area contributed by atoms with Gasteiger partial charge in [-0.05, 0) is 68.7 Å². The lowest BCUT2D eigenvalue weighted by atomic mass is 10.0. The van der Waals surface area contributed by atoms with Crippen molar-refractivity contribution in [2.45, 2.75) is 60.5 Å². The average molecular weight is 475 g/mol. The fourth-order valence-corrected chi connectivity index (χ4v) is 3.72. The van der Waals surface area contributed by atoms with Gasteiger partial charge >= 0.3 is 0 Å². The molecule has 0 aliphatic carbocycles. The van der Waals surface area contributed by atoms with E-state index in [1.165, 1.54) is 12.5 Å². The van der Waals surface area contributed by atoms with Gasteiger partial charge in [0.2, 0.25) is 11.9 Å². The lowest BCUT2D eigenvalue weighted by Gasteiger charge is -2.13. The Labute approximate surface area is 206 Å². The summed E-state index contributed by atoms with van der Waals surface area (Å²) in [5, 5.41) is 13.4. The van der Waals surface area contributed by atoms with Gasteiger partial charge in [-0.2, -0.15) is 5.10 Å². The van der Waals surface area contributed by atoms with Gasteiger partial charge in [-0.1, -0.05) is 26.0 Å². The number of guanidine groups is 1. The summed E-state index contributed by atoms with van der Waals surface area (Å²) in [4.78, 5) is 28.9. The zero-order valence-corrected chi connectivity index (χ0v) is 21.3. The van der Waals surface area contributed by atoms with Crippen LogP contribution in [0, 0.1) is 13.8 Å². The van der Waals surface area contributed by atoms with E-state index in [0.717, 1.165) is 29.2 Å². The Morgan fingerprint density at radius 2 is 1.57 bits per heavy atom. The predicted octanol–water partition coefficient (Wildman–Crippen LogP) is 5.00. The first-order chi connectivity index (χ1) is 16.7. The monoisotopic (exact) mass is 474 g/mol. The molecule has 0 unspecified atom stereocenters. The maximum absolute atomic E-state index is 13.0. The first-order valence-electron chi connectivity index (χ1n) is 11.8. The number of carbonyl (C=O) groups excluding carboxylic acids is 2. The van der Waals surface area contributed by atoms with Crippen molar-refractivity contribution in [1.82, 2.24) is 15.1 Å². The largest absolute Gasteiger partial charge is 0.326 e. The Morgan fingerprint density at radius 1 is 0.971 bits per heavy atom. The van der Waals surface area contributed by atoms with Gasteiger partial charge in [0.15, 0.2) is 0 Å². The molecule has 1 heterocycles. The van der Waals surface area contributed by atoms with E-state index in [2.05, 4.69) is 54.0 Å². The van der Waals surface area contributed by atoms with Crippen molar-refractivity contribution in [2.75, 3.05) is 10.6 Å². The molecule has 0 saturated heterocycles. The number of benzene rings is 2. The standard InChI is InChI=1S/C27H34N6O2/c1-7-33-19(5)25(18(4)32-33)16-28-27(30-24-12-8-21(9-13-24)17(2)3)31-26(35)22-10-14-23(15-11-22)29-20(6)34/h8-15,17H,7,16H2,1-6H3,(H,29,34)(H2,28,30,31,35). The number of rotatable bonds is 7. The highest BCUT2D eigenvalue weighted by Crippen LogP contribution is 2.18. The van der Waals surface area contributed by atoms with Gasteiger partial charge in [-0.15, -0.1) is 0 Å². The molecule has 0 atom stereocenters. The Morgan fingerprint density at radius 3 is 2.11 bits per heavy atom. The second kappa shape index (κ2) is 11.5. The SMILES string of the molecule is CCn1nc(C)c(CN=C(NC(=O)c2ccc(NC(C)=O)cc2)Nc2ccc(C(C)C)cc2)c1C. The molecule has 0 fully saturated rings. The van der Waals surface area contributed by atoms with Crippen LogP contribution in [0.25, 0.3) is 0 Å². The molecule has 0 aliphatic heterocycles. The smallest absolute Gasteiger partial charge is 0.257 e. The normalized spacial score (nSPS) is 11.5. The lowest BCUT2D eigenvalue weighted by Crippen LogP contribution is -2.36. The number of carbonyl (C=O) groups is 2. The van der Waals surface area contributed by atoms with E-state index in [0.29, 0.717) is 29.7 Å². The Kier molecular flexibility index (Phi) is 8.41. The van der Waals surface area contributed by atoms with Gasteiger partial charge in [0, 0.05) is 41.7 Å². The molecular weight excluding hydrogens is 440 g/mol. The highest BCUT2D eigenvalue weighted by molar-refractivity contribution is 6.10. The summed E-state index contributed by atoms with van der Waals surface area (Å²) in [7, 11) is 0. The van der Waals surface area contributed by atoms with Crippen LogP contribution in [0.15, 0.2) is 53.5 Å². The summed E-state index contributed by atoms with van der Waals surface area (Å²) in [6.07, 6.45) is 0. The predicted molar refractivity (Wildman–Crippen MR) is 141 cm³/mol. The van der Waals surface area contributed by atoms with Crippen molar-refractivity contribution in [3.05, 3.63) is 76.6 Å². The van der Waals surface area contributed by atoms with E-state index in [4.69, 9.17) is 4.99 Å². The zero-order valence-electron chi connectivity index (χ0n) is 21.3. The van der Waals surface area contributed by atoms with Gasteiger partial charge in [-0.3, -0.25) is 19.6 Å². The third-order valence-corrected chi connectivity index (χ3v) is 5.77. The van der Waals surface area contributed by atoms with Gasteiger partial charge in [0.25, 0.3) is 5.91 Å². The topological polar surface area (TPSA) is 100 Å². The van der Waals surface area contributed by atoms with Crippen molar-refractivity contribution in [3.8, 4) is 0 Å².